The van der Waals surface area contributed by atoms with Gasteiger partial charge in [-0.1, -0.05) is 41.4 Å². The van der Waals surface area contributed by atoms with E-state index < -0.39 is 11.9 Å². The van der Waals surface area contributed by atoms with Gasteiger partial charge in [0.1, 0.15) is 11.9 Å². The normalized spacial score (nSPS) is 12.5. The van der Waals surface area contributed by atoms with Crippen LogP contribution < -0.4 is 0 Å². The number of hydrogen-bond donors (Lipinski definition) is 1. The fourth-order valence-electron chi connectivity index (χ4n) is 1.52. The lowest BCUT2D eigenvalue weighted by atomic mass is 10.0. The highest BCUT2D eigenvalue weighted by atomic mass is 35.5. The third-order valence-electron chi connectivity index (χ3n) is 2.45. The number of rotatable bonds is 2. The summed E-state index contributed by atoms with van der Waals surface area (Å²) >= 11 is 11.3. The van der Waals surface area contributed by atoms with E-state index in [4.69, 9.17) is 23.2 Å². The molecule has 88 valence electrons. The van der Waals surface area contributed by atoms with E-state index in [0.29, 0.717) is 16.1 Å². The molecule has 1 atom stereocenters. The van der Waals surface area contributed by atoms with E-state index in [1.54, 1.807) is 30.3 Å². The van der Waals surface area contributed by atoms with Crippen molar-refractivity contribution in [2.45, 2.75) is 6.10 Å². The lowest BCUT2D eigenvalue weighted by molar-refractivity contribution is 0.220. The topological polar surface area (TPSA) is 20.2 Å². The minimum Gasteiger partial charge on any atom is -0.384 e. The van der Waals surface area contributed by atoms with Gasteiger partial charge in [-0.15, -0.1) is 0 Å². The predicted octanol–water partition coefficient (Wildman–Crippen LogP) is 4.21. The van der Waals surface area contributed by atoms with E-state index in [9.17, 15) is 9.50 Å². The first-order valence-corrected chi connectivity index (χ1v) is 5.72. The highest BCUT2D eigenvalue weighted by Crippen LogP contribution is 2.26. The highest BCUT2D eigenvalue weighted by molar-refractivity contribution is 6.30. The Labute approximate surface area is 108 Å². The zero-order valence-electron chi connectivity index (χ0n) is 8.70. The van der Waals surface area contributed by atoms with Gasteiger partial charge in [0.2, 0.25) is 0 Å². The molecule has 0 spiro atoms. The monoisotopic (exact) mass is 270 g/mol. The molecule has 2 aromatic rings. The van der Waals surface area contributed by atoms with Crippen molar-refractivity contribution in [2.24, 2.45) is 0 Å². The highest BCUT2D eigenvalue weighted by Gasteiger charge is 2.12. The average molecular weight is 271 g/mol. The summed E-state index contributed by atoms with van der Waals surface area (Å²) in [4.78, 5) is 0. The molecule has 0 amide bonds. The molecule has 0 aliphatic carbocycles. The predicted molar refractivity (Wildman–Crippen MR) is 66.9 cm³/mol. The van der Waals surface area contributed by atoms with Crippen molar-refractivity contribution in [3.8, 4) is 0 Å². The van der Waals surface area contributed by atoms with Gasteiger partial charge in [-0.25, -0.2) is 4.39 Å². The number of benzene rings is 2. The van der Waals surface area contributed by atoms with Crippen LogP contribution in [0.1, 0.15) is 17.2 Å². The van der Waals surface area contributed by atoms with Crippen molar-refractivity contribution in [1.29, 1.82) is 0 Å². The second kappa shape index (κ2) is 5.05. The van der Waals surface area contributed by atoms with Crippen LogP contribution in [0, 0.1) is 5.82 Å². The Morgan fingerprint density at radius 3 is 2.12 bits per heavy atom. The van der Waals surface area contributed by atoms with Crippen LogP contribution in [0.3, 0.4) is 0 Å². The van der Waals surface area contributed by atoms with Gasteiger partial charge in [-0.05, 0) is 35.4 Å². The Hall–Kier alpha value is -1.09. The molecule has 0 aromatic heterocycles. The van der Waals surface area contributed by atoms with Gasteiger partial charge in [0.15, 0.2) is 0 Å². The van der Waals surface area contributed by atoms with Crippen LogP contribution in [0.2, 0.25) is 10.0 Å². The summed E-state index contributed by atoms with van der Waals surface area (Å²) in [5.41, 5.74) is 1.10. The van der Waals surface area contributed by atoms with Crippen molar-refractivity contribution in [2.75, 3.05) is 0 Å². The number of aliphatic hydroxyl groups is 1. The summed E-state index contributed by atoms with van der Waals surface area (Å²) in [6, 6.07) is 11.0. The molecule has 17 heavy (non-hydrogen) atoms. The molecule has 1 nitrogen and oxygen atoms in total. The van der Waals surface area contributed by atoms with Crippen LogP contribution in [0.4, 0.5) is 4.39 Å². The third-order valence-corrected chi connectivity index (χ3v) is 3.00. The summed E-state index contributed by atoms with van der Waals surface area (Å²) in [6.45, 7) is 0. The smallest absolute Gasteiger partial charge is 0.142 e. The lowest BCUT2D eigenvalue weighted by Crippen LogP contribution is -2.00. The van der Waals surface area contributed by atoms with Gasteiger partial charge in [0.25, 0.3) is 0 Å². The fraction of sp³-hybridized carbons (Fsp3) is 0.0769. The van der Waals surface area contributed by atoms with Crippen LogP contribution in [0.25, 0.3) is 0 Å². The Kier molecular flexibility index (Phi) is 3.67. The first kappa shape index (κ1) is 12.4. The molecule has 2 aromatic carbocycles. The lowest BCUT2D eigenvalue weighted by Gasteiger charge is -2.11. The second-order valence-corrected chi connectivity index (χ2v) is 4.47. The molecule has 0 aliphatic rings. The van der Waals surface area contributed by atoms with Crippen molar-refractivity contribution in [1.82, 2.24) is 0 Å². The average Bonchev–Trinajstić information content (AvgIpc) is 2.33. The minimum atomic E-state index is -0.890. The Balaban J connectivity index is 2.33. The van der Waals surface area contributed by atoms with Gasteiger partial charge in [0.05, 0.1) is 5.02 Å². The molecule has 0 bridgehead atoms. The molecule has 0 heterocycles. The fourth-order valence-corrected chi connectivity index (χ4v) is 1.76. The maximum Gasteiger partial charge on any atom is 0.142 e. The van der Waals surface area contributed by atoms with Crippen LogP contribution in [0.15, 0.2) is 42.5 Å². The van der Waals surface area contributed by atoms with E-state index in [-0.39, 0.29) is 5.02 Å². The zero-order chi connectivity index (χ0) is 12.4. The van der Waals surface area contributed by atoms with Crippen molar-refractivity contribution < 1.29 is 9.50 Å². The van der Waals surface area contributed by atoms with E-state index >= 15 is 0 Å². The van der Waals surface area contributed by atoms with E-state index in [1.807, 2.05) is 0 Å². The number of halogens is 3. The van der Waals surface area contributed by atoms with Crippen molar-refractivity contribution in [3.63, 3.8) is 0 Å². The molecule has 4 heteroatoms. The molecule has 0 fully saturated rings. The van der Waals surface area contributed by atoms with E-state index in [1.165, 1.54) is 12.1 Å². The molecule has 2 rings (SSSR count). The molecule has 1 N–H and O–H groups in total. The largest absolute Gasteiger partial charge is 0.384 e. The standard InChI is InChI=1S/C13H9Cl2FO/c14-10-4-1-8(2-5-10)13(17)9-3-6-11(15)12(16)7-9/h1-7,13,17H/t13-/m1/s1. The Morgan fingerprint density at radius 1 is 0.941 bits per heavy atom. The third kappa shape index (κ3) is 2.78. The molecule has 0 aliphatic heterocycles. The van der Waals surface area contributed by atoms with Crippen LogP contribution in [-0.4, -0.2) is 5.11 Å². The SMILES string of the molecule is O[C@H](c1ccc(Cl)cc1)c1ccc(Cl)c(F)c1. The molecule has 0 saturated carbocycles. The maximum absolute atomic E-state index is 13.3. The molecule has 0 radical (unpaired) electrons. The molecular formula is C13H9Cl2FO. The van der Waals surface area contributed by atoms with Gasteiger partial charge >= 0.3 is 0 Å². The summed E-state index contributed by atoms with van der Waals surface area (Å²) in [7, 11) is 0. The summed E-state index contributed by atoms with van der Waals surface area (Å²) in [6.07, 6.45) is -0.890. The zero-order valence-corrected chi connectivity index (χ0v) is 10.2. The Bertz CT molecular complexity index is 525. The van der Waals surface area contributed by atoms with Crippen LogP contribution >= 0.6 is 23.2 Å². The molecule has 0 unspecified atom stereocenters. The van der Waals surface area contributed by atoms with Crippen molar-refractivity contribution in [3.05, 3.63) is 69.5 Å². The number of hydrogen-bond acceptors (Lipinski definition) is 1. The van der Waals surface area contributed by atoms with Gasteiger partial charge in [-0.3, -0.25) is 0 Å². The first-order valence-electron chi connectivity index (χ1n) is 4.96. The van der Waals surface area contributed by atoms with Crippen LogP contribution in [0.5, 0.6) is 0 Å². The maximum atomic E-state index is 13.3. The van der Waals surface area contributed by atoms with Crippen molar-refractivity contribution >= 4 is 23.2 Å². The summed E-state index contributed by atoms with van der Waals surface area (Å²) in [5.74, 6) is -0.544. The minimum absolute atomic E-state index is 0.0389. The summed E-state index contributed by atoms with van der Waals surface area (Å²) in [5, 5.41) is 10.7. The van der Waals surface area contributed by atoms with E-state index in [0.717, 1.165) is 0 Å². The first-order chi connectivity index (χ1) is 8.08. The summed E-state index contributed by atoms with van der Waals surface area (Å²) < 4.78 is 13.3. The van der Waals surface area contributed by atoms with Gasteiger partial charge < -0.3 is 5.11 Å². The van der Waals surface area contributed by atoms with E-state index in [2.05, 4.69) is 0 Å². The Morgan fingerprint density at radius 2 is 1.53 bits per heavy atom. The molecular weight excluding hydrogens is 262 g/mol. The quantitative estimate of drug-likeness (QED) is 0.867. The molecule has 0 saturated heterocycles. The van der Waals surface area contributed by atoms with Gasteiger partial charge in [-0.2, -0.15) is 0 Å². The second-order valence-electron chi connectivity index (χ2n) is 3.63. The number of aliphatic hydroxyl groups excluding tert-OH is 1. The van der Waals surface area contributed by atoms with Crippen LogP contribution in [-0.2, 0) is 0 Å². The van der Waals surface area contributed by atoms with Gasteiger partial charge in [0, 0.05) is 5.02 Å².